The Morgan fingerprint density at radius 3 is 2.79 bits per heavy atom. The molecular formula is C22H22N4O2. The second-order valence-corrected chi connectivity index (χ2v) is 6.78. The molecule has 2 heterocycles. The maximum Gasteiger partial charge on any atom is 0.227 e. The molecule has 0 radical (unpaired) electrons. The SMILES string of the molecule is COc1ccc2cc([C@H](C)C(=O)NCCc3nnc4ccccn34)ccc2c1. The first-order valence-electron chi connectivity index (χ1n) is 9.30. The van der Waals surface area contributed by atoms with Crippen LogP contribution in [0.2, 0.25) is 0 Å². The quantitative estimate of drug-likeness (QED) is 0.562. The number of ether oxygens (including phenoxy) is 1. The van der Waals surface area contributed by atoms with E-state index in [4.69, 9.17) is 4.74 Å². The normalized spacial score (nSPS) is 12.2. The van der Waals surface area contributed by atoms with Crippen molar-refractivity contribution in [3.63, 3.8) is 0 Å². The lowest BCUT2D eigenvalue weighted by molar-refractivity contribution is -0.122. The number of hydrogen-bond acceptors (Lipinski definition) is 4. The number of aromatic nitrogens is 3. The van der Waals surface area contributed by atoms with Crippen LogP contribution in [0.4, 0.5) is 0 Å². The van der Waals surface area contributed by atoms with Gasteiger partial charge in [-0.25, -0.2) is 0 Å². The summed E-state index contributed by atoms with van der Waals surface area (Å²) in [6.07, 6.45) is 2.56. The largest absolute Gasteiger partial charge is 0.497 e. The molecule has 1 N–H and O–H groups in total. The summed E-state index contributed by atoms with van der Waals surface area (Å²) in [5, 5.41) is 13.5. The zero-order chi connectivity index (χ0) is 19.5. The summed E-state index contributed by atoms with van der Waals surface area (Å²) >= 11 is 0. The molecule has 0 bridgehead atoms. The van der Waals surface area contributed by atoms with Gasteiger partial charge in [-0.1, -0.05) is 30.3 Å². The summed E-state index contributed by atoms with van der Waals surface area (Å²) in [5.74, 6) is 1.43. The van der Waals surface area contributed by atoms with Crippen molar-refractivity contribution in [1.29, 1.82) is 0 Å². The first-order valence-corrected chi connectivity index (χ1v) is 9.30. The predicted octanol–water partition coefficient (Wildman–Crippen LogP) is 3.35. The summed E-state index contributed by atoms with van der Waals surface area (Å²) in [5.41, 5.74) is 1.80. The first kappa shape index (κ1) is 18.0. The number of carbonyl (C=O) groups is 1. The Balaban J connectivity index is 1.41. The van der Waals surface area contributed by atoms with Gasteiger partial charge in [0.2, 0.25) is 5.91 Å². The van der Waals surface area contributed by atoms with Crippen molar-refractivity contribution in [1.82, 2.24) is 19.9 Å². The number of carbonyl (C=O) groups excluding carboxylic acids is 1. The third kappa shape index (κ3) is 3.53. The molecule has 4 aromatic rings. The highest BCUT2D eigenvalue weighted by Crippen LogP contribution is 2.25. The van der Waals surface area contributed by atoms with Gasteiger partial charge < -0.3 is 10.1 Å². The maximum absolute atomic E-state index is 12.6. The van der Waals surface area contributed by atoms with Crippen LogP contribution in [-0.2, 0) is 11.2 Å². The Hall–Kier alpha value is -3.41. The molecule has 0 fully saturated rings. The van der Waals surface area contributed by atoms with E-state index < -0.39 is 0 Å². The number of benzene rings is 2. The van der Waals surface area contributed by atoms with E-state index in [0.29, 0.717) is 13.0 Å². The molecule has 0 saturated heterocycles. The number of amides is 1. The topological polar surface area (TPSA) is 68.5 Å². The second kappa shape index (κ2) is 7.68. The molecule has 142 valence electrons. The fourth-order valence-corrected chi connectivity index (χ4v) is 3.30. The van der Waals surface area contributed by atoms with Crippen LogP contribution in [0.5, 0.6) is 5.75 Å². The highest BCUT2D eigenvalue weighted by Gasteiger charge is 2.16. The van der Waals surface area contributed by atoms with E-state index in [2.05, 4.69) is 21.6 Å². The number of hydrogen-bond donors (Lipinski definition) is 1. The van der Waals surface area contributed by atoms with Gasteiger partial charge in [0.15, 0.2) is 5.65 Å². The second-order valence-electron chi connectivity index (χ2n) is 6.78. The lowest BCUT2D eigenvalue weighted by Crippen LogP contribution is -2.30. The van der Waals surface area contributed by atoms with Crippen molar-refractivity contribution in [2.24, 2.45) is 0 Å². The van der Waals surface area contributed by atoms with Crippen LogP contribution in [0.1, 0.15) is 24.2 Å². The Kier molecular flexibility index (Phi) is 4.93. The van der Waals surface area contributed by atoms with Crippen LogP contribution < -0.4 is 10.1 Å². The lowest BCUT2D eigenvalue weighted by atomic mass is 9.97. The molecule has 0 aliphatic heterocycles. The summed E-state index contributed by atoms with van der Waals surface area (Å²) in [6, 6.07) is 17.8. The Morgan fingerprint density at radius 1 is 1.11 bits per heavy atom. The molecule has 1 atom stereocenters. The van der Waals surface area contributed by atoms with Gasteiger partial charge in [0.1, 0.15) is 11.6 Å². The molecular weight excluding hydrogens is 352 g/mol. The van der Waals surface area contributed by atoms with Gasteiger partial charge in [0.05, 0.1) is 13.0 Å². The number of fused-ring (bicyclic) bond motifs is 2. The zero-order valence-corrected chi connectivity index (χ0v) is 15.9. The van der Waals surface area contributed by atoms with E-state index in [0.717, 1.165) is 33.6 Å². The zero-order valence-electron chi connectivity index (χ0n) is 15.9. The van der Waals surface area contributed by atoms with Crippen molar-refractivity contribution in [2.45, 2.75) is 19.3 Å². The Morgan fingerprint density at radius 2 is 1.93 bits per heavy atom. The minimum atomic E-state index is -0.235. The molecule has 0 aliphatic rings. The minimum Gasteiger partial charge on any atom is -0.497 e. The van der Waals surface area contributed by atoms with Crippen molar-refractivity contribution in [3.8, 4) is 5.75 Å². The van der Waals surface area contributed by atoms with Crippen molar-refractivity contribution in [3.05, 3.63) is 72.2 Å². The van der Waals surface area contributed by atoms with Crippen molar-refractivity contribution >= 4 is 22.3 Å². The average Bonchev–Trinajstić information content (AvgIpc) is 3.15. The van der Waals surface area contributed by atoms with Gasteiger partial charge in [0, 0.05) is 19.2 Å². The molecule has 2 aromatic carbocycles. The summed E-state index contributed by atoms with van der Waals surface area (Å²) < 4.78 is 7.20. The Bertz CT molecular complexity index is 1140. The maximum atomic E-state index is 12.6. The summed E-state index contributed by atoms with van der Waals surface area (Å²) in [7, 11) is 1.66. The number of nitrogens with one attached hydrogen (secondary N) is 1. The number of pyridine rings is 1. The third-order valence-corrected chi connectivity index (χ3v) is 5.00. The average molecular weight is 374 g/mol. The van der Waals surface area contributed by atoms with Gasteiger partial charge in [-0.05, 0) is 47.5 Å². The molecule has 1 amide bonds. The third-order valence-electron chi connectivity index (χ3n) is 5.00. The minimum absolute atomic E-state index is 0.00156. The predicted molar refractivity (Wildman–Crippen MR) is 109 cm³/mol. The van der Waals surface area contributed by atoms with E-state index in [1.807, 2.05) is 66.1 Å². The van der Waals surface area contributed by atoms with Crippen LogP contribution in [0.15, 0.2) is 60.8 Å². The van der Waals surface area contributed by atoms with Crippen molar-refractivity contribution < 1.29 is 9.53 Å². The van der Waals surface area contributed by atoms with E-state index in [9.17, 15) is 4.79 Å². The number of methoxy groups -OCH3 is 1. The molecule has 0 unspecified atom stereocenters. The molecule has 0 saturated carbocycles. The summed E-state index contributed by atoms with van der Waals surface area (Å²) in [6.45, 7) is 2.44. The van der Waals surface area contributed by atoms with E-state index >= 15 is 0 Å². The van der Waals surface area contributed by atoms with E-state index in [1.165, 1.54) is 0 Å². The standard InChI is InChI=1S/C22H22N4O2/c1-15(16-6-7-18-14-19(28-2)9-8-17(18)13-16)22(27)23-11-10-21-25-24-20-5-3-4-12-26(20)21/h3-9,12-15H,10-11H2,1-2H3,(H,23,27)/t15-/m0/s1. The van der Waals surface area contributed by atoms with Gasteiger partial charge in [-0.15, -0.1) is 10.2 Å². The van der Waals surface area contributed by atoms with Gasteiger partial charge in [-0.2, -0.15) is 0 Å². The van der Waals surface area contributed by atoms with Crippen LogP contribution in [0, 0.1) is 0 Å². The first-order chi connectivity index (χ1) is 13.7. The van der Waals surface area contributed by atoms with Crippen LogP contribution in [0.25, 0.3) is 16.4 Å². The van der Waals surface area contributed by atoms with E-state index in [1.54, 1.807) is 7.11 Å². The monoisotopic (exact) mass is 374 g/mol. The van der Waals surface area contributed by atoms with Crippen LogP contribution in [0.3, 0.4) is 0 Å². The van der Waals surface area contributed by atoms with Gasteiger partial charge in [-0.3, -0.25) is 9.20 Å². The molecule has 6 nitrogen and oxygen atoms in total. The molecule has 28 heavy (non-hydrogen) atoms. The molecule has 4 rings (SSSR count). The highest BCUT2D eigenvalue weighted by molar-refractivity contribution is 5.88. The molecule has 6 heteroatoms. The van der Waals surface area contributed by atoms with Gasteiger partial charge >= 0.3 is 0 Å². The smallest absolute Gasteiger partial charge is 0.227 e. The van der Waals surface area contributed by atoms with Crippen molar-refractivity contribution in [2.75, 3.05) is 13.7 Å². The van der Waals surface area contributed by atoms with Gasteiger partial charge in [0.25, 0.3) is 0 Å². The molecule has 0 spiro atoms. The van der Waals surface area contributed by atoms with Crippen LogP contribution >= 0.6 is 0 Å². The van der Waals surface area contributed by atoms with Crippen LogP contribution in [-0.4, -0.2) is 34.2 Å². The molecule has 2 aromatic heterocycles. The lowest BCUT2D eigenvalue weighted by Gasteiger charge is -2.13. The highest BCUT2D eigenvalue weighted by atomic mass is 16.5. The Labute approximate surface area is 163 Å². The fourth-order valence-electron chi connectivity index (χ4n) is 3.30. The summed E-state index contributed by atoms with van der Waals surface area (Å²) in [4.78, 5) is 12.6. The molecule has 0 aliphatic carbocycles. The number of rotatable bonds is 6. The fraction of sp³-hybridized carbons (Fsp3) is 0.227. The van der Waals surface area contributed by atoms with E-state index in [-0.39, 0.29) is 11.8 Å². The number of nitrogens with zero attached hydrogens (tertiary/aromatic N) is 3.